The number of carbonyl (C=O) groups excluding carboxylic acids is 1. The summed E-state index contributed by atoms with van der Waals surface area (Å²) >= 11 is 0. The molecule has 1 aliphatic heterocycles. The lowest BCUT2D eigenvalue weighted by Gasteiger charge is -2.44. The average Bonchev–Trinajstić information content (AvgIpc) is 2.75. The maximum atomic E-state index is 13.1. The number of benzene rings is 2. The van der Waals surface area contributed by atoms with E-state index < -0.39 is 0 Å². The molecule has 3 rings (SSSR count). The number of carbonyl (C=O) groups is 1. The Bertz CT molecular complexity index is 807. The van der Waals surface area contributed by atoms with Crippen molar-refractivity contribution in [3.05, 3.63) is 65.5 Å². The molecule has 0 unspecified atom stereocenters. The van der Waals surface area contributed by atoms with Crippen molar-refractivity contribution in [3.8, 4) is 5.75 Å². The first-order valence-electron chi connectivity index (χ1n) is 11.0. The molecule has 4 nitrogen and oxygen atoms in total. The van der Waals surface area contributed by atoms with Crippen molar-refractivity contribution >= 4 is 5.91 Å². The number of piperazine rings is 1. The lowest BCUT2D eigenvalue weighted by molar-refractivity contribution is -0.139. The topological polar surface area (TPSA) is 32.8 Å². The van der Waals surface area contributed by atoms with E-state index in [2.05, 4.69) is 37.8 Å². The molecule has 0 bridgehead atoms. The SMILES string of the molecule is CCCCc1ccc(OCC(=O)N2C[C@@H](C)N(Cc3ccc(F)cc3)C[C@@H]2C)cc1. The summed E-state index contributed by atoms with van der Waals surface area (Å²) in [5.41, 5.74) is 2.39. The number of amides is 1. The van der Waals surface area contributed by atoms with E-state index >= 15 is 0 Å². The quantitative estimate of drug-likeness (QED) is 0.632. The van der Waals surface area contributed by atoms with E-state index in [1.807, 2.05) is 29.2 Å². The number of halogens is 1. The van der Waals surface area contributed by atoms with Gasteiger partial charge in [-0.05, 0) is 62.1 Å². The van der Waals surface area contributed by atoms with E-state index in [0.29, 0.717) is 6.54 Å². The Labute approximate surface area is 179 Å². The van der Waals surface area contributed by atoms with Crippen LogP contribution in [-0.2, 0) is 17.8 Å². The standard InChI is InChI=1S/C25H33FN2O2/c1-4-5-6-21-9-13-24(14-10-21)30-18-25(29)28-16-19(2)27(15-20(28)3)17-22-7-11-23(26)12-8-22/h7-14,19-20H,4-6,15-18H2,1-3H3/t19-,20+/m1/s1. The minimum Gasteiger partial charge on any atom is -0.484 e. The first-order valence-corrected chi connectivity index (χ1v) is 11.0. The number of unbranched alkanes of at least 4 members (excludes halogenated alkanes) is 1. The van der Waals surface area contributed by atoms with Crippen molar-refractivity contribution < 1.29 is 13.9 Å². The van der Waals surface area contributed by atoms with Crippen LogP contribution in [0.5, 0.6) is 5.75 Å². The van der Waals surface area contributed by atoms with Crippen molar-refractivity contribution in [3.63, 3.8) is 0 Å². The van der Waals surface area contributed by atoms with Gasteiger partial charge in [0, 0.05) is 31.7 Å². The van der Waals surface area contributed by atoms with E-state index in [1.54, 1.807) is 0 Å². The van der Waals surface area contributed by atoms with E-state index in [9.17, 15) is 9.18 Å². The largest absolute Gasteiger partial charge is 0.484 e. The van der Waals surface area contributed by atoms with Gasteiger partial charge in [-0.25, -0.2) is 4.39 Å². The van der Waals surface area contributed by atoms with Gasteiger partial charge in [0.05, 0.1) is 0 Å². The number of hydrogen-bond donors (Lipinski definition) is 0. The second kappa shape index (κ2) is 10.6. The van der Waals surface area contributed by atoms with Gasteiger partial charge in [0.1, 0.15) is 11.6 Å². The molecule has 2 atom stereocenters. The van der Waals surface area contributed by atoms with Gasteiger partial charge >= 0.3 is 0 Å². The Hall–Kier alpha value is -2.40. The van der Waals surface area contributed by atoms with Crippen LogP contribution in [0, 0.1) is 5.82 Å². The van der Waals surface area contributed by atoms with Crippen molar-refractivity contribution in [2.24, 2.45) is 0 Å². The normalized spacial score (nSPS) is 19.7. The Morgan fingerprint density at radius 3 is 2.33 bits per heavy atom. The van der Waals surface area contributed by atoms with E-state index in [0.717, 1.165) is 30.8 Å². The molecule has 0 aliphatic carbocycles. The summed E-state index contributed by atoms with van der Waals surface area (Å²) < 4.78 is 18.9. The molecule has 1 heterocycles. The number of ether oxygens (including phenoxy) is 1. The molecule has 1 amide bonds. The molecule has 1 aliphatic rings. The van der Waals surface area contributed by atoms with Crippen LogP contribution in [0.3, 0.4) is 0 Å². The third-order valence-electron chi connectivity index (χ3n) is 5.84. The molecule has 1 fully saturated rings. The summed E-state index contributed by atoms with van der Waals surface area (Å²) in [6.45, 7) is 8.66. The summed E-state index contributed by atoms with van der Waals surface area (Å²) in [5.74, 6) is 0.538. The Balaban J connectivity index is 1.50. The first kappa shape index (κ1) is 22.3. The van der Waals surface area contributed by atoms with Crippen LogP contribution in [0.4, 0.5) is 4.39 Å². The predicted molar refractivity (Wildman–Crippen MR) is 118 cm³/mol. The van der Waals surface area contributed by atoms with Crippen molar-refractivity contribution in [2.75, 3.05) is 19.7 Å². The second-order valence-electron chi connectivity index (χ2n) is 8.34. The molecule has 0 spiro atoms. The zero-order valence-electron chi connectivity index (χ0n) is 18.3. The average molecular weight is 413 g/mol. The van der Waals surface area contributed by atoms with Crippen LogP contribution in [0.25, 0.3) is 0 Å². The molecule has 30 heavy (non-hydrogen) atoms. The highest BCUT2D eigenvalue weighted by Gasteiger charge is 2.32. The fourth-order valence-corrected chi connectivity index (χ4v) is 3.95. The van der Waals surface area contributed by atoms with Gasteiger partial charge in [0.25, 0.3) is 5.91 Å². The smallest absolute Gasteiger partial charge is 0.260 e. The predicted octanol–water partition coefficient (Wildman–Crippen LogP) is 4.67. The van der Waals surface area contributed by atoms with Crippen LogP contribution in [0.15, 0.2) is 48.5 Å². The summed E-state index contributed by atoms with van der Waals surface area (Å²) in [6.07, 6.45) is 3.44. The highest BCUT2D eigenvalue weighted by Crippen LogP contribution is 2.19. The lowest BCUT2D eigenvalue weighted by atomic mass is 10.1. The number of aryl methyl sites for hydroxylation is 1. The summed E-state index contributed by atoms with van der Waals surface area (Å²) in [4.78, 5) is 17.0. The zero-order chi connectivity index (χ0) is 21.5. The molecule has 162 valence electrons. The van der Waals surface area contributed by atoms with Gasteiger partial charge in [0.2, 0.25) is 0 Å². The van der Waals surface area contributed by atoms with Gasteiger partial charge in [-0.3, -0.25) is 9.69 Å². The Kier molecular flexibility index (Phi) is 7.86. The molecule has 2 aromatic carbocycles. The van der Waals surface area contributed by atoms with Crippen LogP contribution in [0.2, 0.25) is 0 Å². The van der Waals surface area contributed by atoms with Crippen molar-refractivity contribution in [1.29, 1.82) is 0 Å². The third-order valence-corrected chi connectivity index (χ3v) is 5.84. The van der Waals surface area contributed by atoms with Crippen LogP contribution >= 0.6 is 0 Å². The lowest BCUT2D eigenvalue weighted by Crippen LogP contribution is -2.58. The molecular formula is C25H33FN2O2. The molecule has 5 heteroatoms. The van der Waals surface area contributed by atoms with Gasteiger partial charge in [-0.1, -0.05) is 37.6 Å². The van der Waals surface area contributed by atoms with Crippen LogP contribution in [0.1, 0.15) is 44.7 Å². The van der Waals surface area contributed by atoms with Crippen LogP contribution in [-0.4, -0.2) is 47.5 Å². The highest BCUT2D eigenvalue weighted by atomic mass is 19.1. The minimum atomic E-state index is -0.216. The molecule has 0 aromatic heterocycles. The monoisotopic (exact) mass is 412 g/mol. The molecule has 2 aromatic rings. The first-order chi connectivity index (χ1) is 14.5. The Morgan fingerprint density at radius 2 is 1.67 bits per heavy atom. The number of hydrogen-bond acceptors (Lipinski definition) is 3. The van der Waals surface area contributed by atoms with Gasteiger partial charge in [-0.15, -0.1) is 0 Å². The van der Waals surface area contributed by atoms with Crippen molar-refractivity contribution in [2.45, 2.75) is 58.7 Å². The summed E-state index contributed by atoms with van der Waals surface area (Å²) in [7, 11) is 0. The number of rotatable bonds is 8. The molecular weight excluding hydrogens is 379 g/mol. The fourth-order valence-electron chi connectivity index (χ4n) is 3.95. The molecule has 1 saturated heterocycles. The van der Waals surface area contributed by atoms with E-state index in [4.69, 9.17) is 4.74 Å². The fraction of sp³-hybridized carbons (Fsp3) is 0.480. The highest BCUT2D eigenvalue weighted by molar-refractivity contribution is 5.78. The Morgan fingerprint density at radius 1 is 1.00 bits per heavy atom. The second-order valence-corrected chi connectivity index (χ2v) is 8.34. The van der Waals surface area contributed by atoms with E-state index in [-0.39, 0.29) is 30.4 Å². The molecule has 0 N–H and O–H groups in total. The maximum Gasteiger partial charge on any atom is 0.260 e. The van der Waals surface area contributed by atoms with E-state index in [1.165, 1.54) is 30.5 Å². The number of nitrogens with zero attached hydrogens (tertiary/aromatic N) is 2. The molecule has 0 radical (unpaired) electrons. The summed E-state index contributed by atoms with van der Waals surface area (Å²) in [5, 5.41) is 0. The van der Waals surface area contributed by atoms with Gasteiger partial charge < -0.3 is 9.64 Å². The van der Waals surface area contributed by atoms with Crippen LogP contribution < -0.4 is 4.74 Å². The minimum absolute atomic E-state index is 0.0193. The zero-order valence-corrected chi connectivity index (χ0v) is 18.3. The maximum absolute atomic E-state index is 13.1. The third kappa shape index (κ3) is 6.05. The van der Waals surface area contributed by atoms with Gasteiger partial charge in [-0.2, -0.15) is 0 Å². The van der Waals surface area contributed by atoms with Gasteiger partial charge in [0.15, 0.2) is 6.61 Å². The molecule has 0 saturated carbocycles. The van der Waals surface area contributed by atoms with Crippen molar-refractivity contribution in [1.82, 2.24) is 9.80 Å². The summed E-state index contributed by atoms with van der Waals surface area (Å²) in [6, 6.07) is 15.0.